The standard InChI is InChI=1S/C26H16/c1-17-9-8-16-24-25(17)20-12-4-7-15-23(20)26(24)21-13-5-2-10-18(21)19-11-3-6-14-22(19)26/h2,4-10,12-16H,1H3. The molecule has 2 aliphatic rings. The minimum Gasteiger partial charge on any atom is -0.0696 e. The Kier molecular flexibility index (Phi) is 2.49. The summed E-state index contributed by atoms with van der Waals surface area (Å²) in [6, 6.07) is 35.2. The Morgan fingerprint density at radius 1 is 0.654 bits per heavy atom. The third kappa shape index (κ3) is 1.40. The van der Waals surface area contributed by atoms with Crippen molar-refractivity contribution in [2.75, 3.05) is 0 Å². The van der Waals surface area contributed by atoms with E-state index in [1.54, 1.807) is 0 Å². The van der Waals surface area contributed by atoms with Gasteiger partial charge in [0.15, 0.2) is 0 Å². The largest absolute Gasteiger partial charge is 0.0732 e. The molecule has 0 saturated carbocycles. The molecule has 1 atom stereocenters. The third-order valence-corrected chi connectivity index (χ3v) is 6.08. The van der Waals surface area contributed by atoms with Crippen LogP contribution in [-0.4, -0.2) is 0 Å². The van der Waals surface area contributed by atoms with Gasteiger partial charge in [0.05, 0.1) is 5.41 Å². The van der Waals surface area contributed by atoms with Crippen molar-refractivity contribution in [3.63, 3.8) is 0 Å². The zero-order valence-electron chi connectivity index (χ0n) is 14.5. The molecule has 0 bridgehead atoms. The van der Waals surface area contributed by atoms with Gasteiger partial charge >= 0.3 is 0 Å². The average molecular weight is 328 g/mol. The van der Waals surface area contributed by atoms with Crippen LogP contribution in [0, 0.1) is 19.1 Å². The Hall–Kier alpha value is -3.30. The second kappa shape index (κ2) is 4.65. The fourth-order valence-electron chi connectivity index (χ4n) is 5.18. The molecule has 0 fully saturated rings. The summed E-state index contributed by atoms with van der Waals surface area (Å²) in [5.74, 6) is 0. The molecule has 120 valence electrons. The van der Waals surface area contributed by atoms with E-state index in [2.05, 4.69) is 91.9 Å². The van der Waals surface area contributed by atoms with Gasteiger partial charge in [-0.2, -0.15) is 0 Å². The predicted molar refractivity (Wildman–Crippen MR) is 105 cm³/mol. The molecule has 1 spiro atoms. The van der Waals surface area contributed by atoms with E-state index in [-0.39, 0.29) is 5.41 Å². The van der Waals surface area contributed by atoms with Crippen molar-refractivity contribution in [3.8, 4) is 22.3 Å². The lowest BCUT2D eigenvalue weighted by molar-refractivity contribution is 0.793. The molecule has 0 heterocycles. The lowest BCUT2D eigenvalue weighted by Crippen LogP contribution is -2.25. The summed E-state index contributed by atoms with van der Waals surface area (Å²) in [7, 11) is 0. The quantitative estimate of drug-likeness (QED) is 0.324. The molecule has 4 aromatic carbocycles. The van der Waals surface area contributed by atoms with E-state index in [9.17, 15) is 0 Å². The average Bonchev–Trinajstić information content (AvgIpc) is 3.16. The number of aryl methyl sites for hydroxylation is 1. The van der Waals surface area contributed by atoms with E-state index in [4.69, 9.17) is 0 Å². The molecular formula is C26H16. The first-order chi connectivity index (χ1) is 12.8. The van der Waals surface area contributed by atoms with Crippen LogP contribution in [0.2, 0.25) is 0 Å². The van der Waals surface area contributed by atoms with Gasteiger partial charge in [0, 0.05) is 5.56 Å². The van der Waals surface area contributed by atoms with Crippen LogP contribution in [0.1, 0.15) is 27.8 Å². The van der Waals surface area contributed by atoms with Gasteiger partial charge in [-0.25, -0.2) is 0 Å². The van der Waals surface area contributed by atoms with Gasteiger partial charge in [0.1, 0.15) is 0 Å². The van der Waals surface area contributed by atoms with Crippen LogP contribution in [0.3, 0.4) is 0 Å². The molecule has 4 aromatic rings. The number of hydrogen-bond donors (Lipinski definition) is 0. The van der Waals surface area contributed by atoms with E-state index in [1.807, 2.05) is 6.07 Å². The molecule has 0 heteroatoms. The highest BCUT2D eigenvalue weighted by molar-refractivity contribution is 5.95. The van der Waals surface area contributed by atoms with Crippen LogP contribution in [-0.2, 0) is 5.41 Å². The molecule has 0 aliphatic heterocycles. The fourth-order valence-corrected chi connectivity index (χ4v) is 5.18. The summed E-state index contributed by atoms with van der Waals surface area (Å²) in [4.78, 5) is 0. The molecule has 2 aliphatic carbocycles. The van der Waals surface area contributed by atoms with Crippen LogP contribution < -0.4 is 0 Å². The maximum atomic E-state index is 3.41. The first-order valence-corrected chi connectivity index (χ1v) is 9.06. The van der Waals surface area contributed by atoms with Gasteiger partial charge in [-0.15, -0.1) is 0 Å². The highest BCUT2D eigenvalue weighted by atomic mass is 14.5. The van der Waals surface area contributed by atoms with E-state index < -0.39 is 0 Å². The molecule has 0 nitrogen and oxygen atoms in total. The van der Waals surface area contributed by atoms with Crippen molar-refractivity contribution in [1.82, 2.24) is 0 Å². The van der Waals surface area contributed by atoms with Crippen LogP contribution >= 0.6 is 0 Å². The topological polar surface area (TPSA) is 0 Å². The molecule has 0 saturated heterocycles. The molecule has 1 unspecified atom stereocenters. The number of fused-ring (bicyclic) bond motifs is 10. The normalized spacial score (nSPS) is 14.3. The number of benzene rings is 3. The van der Waals surface area contributed by atoms with Gasteiger partial charge in [-0.1, -0.05) is 78.9 Å². The monoisotopic (exact) mass is 328 g/mol. The zero-order valence-corrected chi connectivity index (χ0v) is 14.5. The van der Waals surface area contributed by atoms with Crippen molar-refractivity contribution in [2.45, 2.75) is 12.3 Å². The highest BCUT2D eigenvalue weighted by Gasteiger charge is 2.51. The Morgan fingerprint density at radius 3 is 2.19 bits per heavy atom. The number of rotatable bonds is 0. The van der Waals surface area contributed by atoms with Gasteiger partial charge in [-0.3, -0.25) is 0 Å². The molecule has 0 N–H and O–H groups in total. The molecular weight excluding hydrogens is 312 g/mol. The van der Waals surface area contributed by atoms with Crippen LogP contribution in [0.4, 0.5) is 0 Å². The molecule has 0 aromatic heterocycles. The Bertz CT molecular complexity index is 1150. The second-order valence-electron chi connectivity index (χ2n) is 7.23. The minimum atomic E-state index is -0.241. The van der Waals surface area contributed by atoms with Crippen molar-refractivity contribution in [2.24, 2.45) is 0 Å². The third-order valence-electron chi connectivity index (χ3n) is 6.08. The SMILES string of the molecule is Cc1cccc2c1-c1ccccc1C21c2ccc#cc2-c2ccccc21. The van der Waals surface area contributed by atoms with Gasteiger partial charge in [0.25, 0.3) is 0 Å². The van der Waals surface area contributed by atoms with E-state index in [1.165, 1.54) is 50.1 Å². The van der Waals surface area contributed by atoms with Gasteiger partial charge in [-0.05, 0) is 63.6 Å². The Labute approximate surface area is 153 Å². The fraction of sp³-hybridized carbons (Fsp3) is 0.0769. The Morgan fingerprint density at radius 2 is 1.35 bits per heavy atom. The van der Waals surface area contributed by atoms with Gasteiger partial charge in [0.2, 0.25) is 0 Å². The lowest BCUT2D eigenvalue weighted by Gasteiger charge is -2.30. The second-order valence-corrected chi connectivity index (χ2v) is 7.23. The molecule has 0 amide bonds. The van der Waals surface area contributed by atoms with Crippen molar-refractivity contribution < 1.29 is 0 Å². The number of hydrogen-bond acceptors (Lipinski definition) is 0. The summed E-state index contributed by atoms with van der Waals surface area (Å²) in [6.45, 7) is 2.22. The van der Waals surface area contributed by atoms with E-state index >= 15 is 0 Å². The predicted octanol–water partition coefficient (Wildman–Crippen LogP) is 5.94. The summed E-state index contributed by atoms with van der Waals surface area (Å²) in [5.41, 5.74) is 11.8. The summed E-state index contributed by atoms with van der Waals surface area (Å²) >= 11 is 0. The van der Waals surface area contributed by atoms with Crippen LogP contribution in [0.5, 0.6) is 0 Å². The summed E-state index contributed by atoms with van der Waals surface area (Å²) in [6.07, 6.45) is 0. The smallest absolute Gasteiger partial charge is 0.0696 e. The highest BCUT2D eigenvalue weighted by Crippen LogP contribution is 2.62. The van der Waals surface area contributed by atoms with E-state index in [0.29, 0.717) is 0 Å². The first kappa shape index (κ1) is 13.9. The van der Waals surface area contributed by atoms with Crippen molar-refractivity contribution in [3.05, 3.63) is 119 Å². The maximum absolute atomic E-state index is 3.41. The zero-order chi connectivity index (χ0) is 17.3. The van der Waals surface area contributed by atoms with Gasteiger partial charge < -0.3 is 0 Å². The van der Waals surface area contributed by atoms with Crippen molar-refractivity contribution in [1.29, 1.82) is 0 Å². The Balaban J connectivity index is 1.89. The van der Waals surface area contributed by atoms with Crippen LogP contribution in [0.25, 0.3) is 22.3 Å². The summed E-state index contributed by atoms with van der Waals surface area (Å²) in [5, 5.41) is 0. The minimum absolute atomic E-state index is 0.241. The first-order valence-electron chi connectivity index (χ1n) is 9.06. The lowest BCUT2D eigenvalue weighted by atomic mass is 9.70. The molecule has 0 radical (unpaired) electrons. The molecule has 6 rings (SSSR count). The van der Waals surface area contributed by atoms with Crippen molar-refractivity contribution >= 4 is 0 Å². The van der Waals surface area contributed by atoms with Crippen LogP contribution in [0.15, 0.2) is 78.9 Å². The maximum Gasteiger partial charge on any atom is 0.0732 e. The summed E-state index contributed by atoms with van der Waals surface area (Å²) < 4.78 is 0. The molecule has 26 heavy (non-hydrogen) atoms. The van der Waals surface area contributed by atoms with E-state index in [0.717, 1.165) is 0 Å².